The number of aliphatic hydroxyl groups is 1. The lowest BCUT2D eigenvalue weighted by molar-refractivity contribution is -0.385. The van der Waals surface area contributed by atoms with Crippen LogP contribution in [0.15, 0.2) is 22.7 Å². The van der Waals surface area contributed by atoms with Crippen LogP contribution in [-0.4, -0.2) is 16.1 Å². The number of nitro benzene ring substituents is 1. The van der Waals surface area contributed by atoms with E-state index in [1.165, 1.54) is 6.07 Å². The van der Waals surface area contributed by atoms with Crippen LogP contribution in [0.5, 0.6) is 0 Å². The van der Waals surface area contributed by atoms with Gasteiger partial charge in [-0.25, -0.2) is 0 Å². The van der Waals surface area contributed by atoms with Gasteiger partial charge in [-0.05, 0) is 33.5 Å². The van der Waals surface area contributed by atoms with Crippen molar-refractivity contribution in [1.82, 2.24) is 0 Å². The highest BCUT2D eigenvalue weighted by Crippen LogP contribution is 2.29. The quantitative estimate of drug-likeness (QED) is 0.652. The first-order valence-corrected chi connectivity index (χ1v) is 6.01. The Labute approximate surface area is 120 Å². The summed E-state index contributed by atoms with van der Waals surface area (Å²) in [5.74, 6) is -0.00676. The van der Waals surface area contributed by atoms with E-state index in [4.69, 9.17) is 5.73 Å². The summed E-state index contributed by atoms with van der Waals surface area (Å²) >= 11 is 3.10. The monoisotopic (exact) mass is 338 g/mol. The Morgan fingerprint density at radius 3 is 2.44 bits per heavy atom. The molecule has 1 aromatic rings. The largest absolute Gasteiger partial charge is 0.391 e. The lowest BCUT2D eigenvalue weighted by Crippen LogP contribution is -2.30. The summed E-state index contributed by atoms with van der Waals surface area (Å²) in [6.07, 6.45) is -0.726. The average Bonchev–Trinajstić information content (AvgIpc) is 2.27. The van der Waals surface area contributed by atoms with Crippen LogP contribution in [0.3, 0.4) is 0 Å². The first-order valence-electron chi connectivity index (χ1n) is 5.22. The van der Waals surface area contributed by atoms with Crippen molar-refractivity contribution >= 4 is 34.0 Å². The number of hydrogen-bond donors (Lipinski definition) is 2. The number of nitrogens with zero attached hydrogens (tertiary/aromatic N) is 1. The summed E-state index contributed by atoms with van der Waals surface area (Å²) in [5.41, 5.74) is 6.38. The number of rotatable bonds is 4. The third-order valence-electron chi connectivity index (χ3n) is 2.60. The molecule has 1 rings (SSSR count). The summed E-state index contributed by atoms with van der Waals surface area (Å²) in [6.45, 7) is 3.69. The van der Waals surface area contributed by atoms with Gasteiger partial charge in [0.25, 0.3) is 5.69 Å². The molecule has 0 aliphatic heterocycles. The smallest absolute Gasteiger partial charge is 0.283 e. The molecule has 102 valence electrons. The van der Waals surface area contributed by atoms with Crippen LogP contribution in [0, 0.1) is 16.0 Å². The first-order chi connectivity index (χ1) is 7.84. The van der Waals surface area contributed by atoms with E-state index in [0.717, 1.165) is 0 Å². The number of aliphatic hydroxyl groups excluding tert-OH is 1. The zero-order valence-corrected chi connectivity index (χ0v) is 12.4. The van der Waals surface area contributed by atoms with E-state index in [9.17, 15) is 15.2 Å². The van der Waals surface area contributed by atoms with Crippen molar-refractivity contribution < 1.29 is 10.0 Å². The van der Waals surface area contributed by atoms with Crippen LogP contribution >= 0.6 is 28.3 Å². The molecule has 2 atom stereocenters. The van der Waals surface area contributed by atoms with Gasteiger partial charge in [-0.15, -0.1) is 12.4 Å². The van der Waals surface area contributed by atoms with Crippen LogP contribution in [0.4, 0.5) is 5.69 Å². The Balaban J connectivity index is 0.00000289. The fraction of sp³-hybridized carbons (Fsp3) is 0.455. The molecule has 0 aliphatic rings. The highest BCUT2D eigenvalue weighted by atomic mass is 79.9. The molecule has 0 unspecified atom stereocenters. The molecule has 7 heteroatoms. The van der Waals surface area contributed by atoms with E-state index in [1.54, 1.807) is 12.1 Å². The molecular weight excluding hydrogens is 323 g/mol. The highest BCUT2D eigenvalue weighted by Gasteiger charge is 2.22. The van der Waals surface area contributed by atoms with E-state index in [1.807, 2.05) is 13.8 Å². The van der Waals surface area contributed by atoms with Gasteiger partial charge < -0.3 is 10.8 Å². The maximum atomic E-state index is 10.8. The Kier molecular flexibility index (Phi) is 6.77. The lowest BCUT2D eigenvalue weighted by Gasteiger charge is -2.22. The maximum absolute atomic E-state index is 10.8. The molecule has 0 fully saturated rings. The molecule has 0 heterocycles. The van der Waals surface area contributed by atoms with E-state index >= 15 is 0 Å². The second kappa shape index (κ2) is 7.04. The number of halogens is 2. The van der Waals surface area contributed by atoms with Crippen LogP contribution in [0.2, 0.25) is 0 Å². The zero-order valence-electron chi connectivity index (χ0n) is 10.0. The van der Waals surface area contributed by atoms with Gasteiger partial charge in [-0.2, -0.15) is 0 Å². The Morgan fingerprint density at radius 1 is 1.44 bits per heavy atom. The summed E-state index contributed by atoms with van der Waals surface area (Å²) in [6, 6.07) is 4.01. The van der Waals surface area contributed by atoms with Gasteiger partial charge >= 0.3 is 0 Å². The number of hydrogen-bond acceptors (Lipinski definition) is 4. The van der Waals surface area contributed by atoms with Crippen molar-refractivity contribution in [3.05, 3.63) is 38.3 Å². The van der Waals surface area contributed by atoms with Gasteiger partial charge in [-0.3, -0.25) is 10.1 Å². The summed E-state index contributed by atoms with van der Waals surface area (Å²) in [5, 5.41) is 20.6. The van der Waals surface area contributed by atoms with Crippen LogP contribution in [0.25, 0.3) is 0 Å². The van der Waals surface area contributed by atoms with Crippen molar-refractivity contribution in [2.24, 2.45) is 11.7 Å². The fourth-order valence-electron chi connectivity index (χ4n) is 1.49. The molecule has 0 bridgehead atoms. The van der Waals surface area contributed by atoms with E-state index in [0.29, 0.717) is 10.0 Å². The second-order valence-corrected chi connectivity index (χ2v) is 5.08. The fourth-order valence-corrected chi connectivity index (χ4v) is 1.88. The van der Waals surface area contributed by atoms with Crippen LogP contribution in [-0.2, 0) is 0 Å². The van der Waals surface area contributed by atoms with Gasteiger partial charge in [0, 0.05) is 6.07 Å². The van der Waals surface area contributed by atoms with Crippen LogP contribution in [0.1, 0.15) is 25.5 Å². The Hall–Kier alpha value is -0.690. The minimum Gasteiger partial charge on any atom is -0.391 e. The van der Waals surface area contributed by atoms with E-state index in [-0.39, 0.29) is 24.0 Å². The van der Waals surface area contributed by atoms with Crippen LogP contribution < -0.4 is 5.73 Å². The highest BCUT2D eigenvalue weighted by molar-refractivity contribution is 9.10. The van der Waals surface area contributed by atoms with Crippen molar-refractivity contribution in [1.29, 1.82) is 0 Å². The molecule has 0 saturated carbocycles. The van der Waals surface area contributed by atoms with Crippen molar-refractivity contribution in [3.8, 4) is 0 Å². The molecule has 0 radical (unpaired) electrons. The lowest BCUT2D eigenvalue weighted by atomic mass is 9.94. The van der Waals surface area contributed by atoms with Gasteiger partial charge in [-0.1, -0.05) is 19.9 Å². The maximum Gasteiger partial charge on any atom is 0.283 e. The molecule has 5 nitrogen and oxygen atoms in total. The molecule has 0 amide bonds. The van der Waals surface area contributed by atoms with Crippen molar-refractivity contribution in [3.63, 3.8) is 0 Å². The number of nitro groups is 1. The second-order valence-electron chi connectivity index (χ2n) is 4.23. The van der Waals surface area contributed by atoms with Gasteiger partial charge in [0.1, 0.15) is 0 Å². The van der Waals surface area contributed by atoms with Gasteiger partial charge in [0.05, 0.1) is 21.5 Å². The molecular formula is C11H16BrClN2O3. The molecule has 3 N–H and O–H groups in total. The normalized spacial score (nSPS) is 13.9. The summed E-state index contributed by atoms with van der Waals surface area (Å²) in [7, 11) is 0. The summed E-state index contributed by atoms with van der Waals surface area (Å²) in [4.78, 5) is 10.3. The zero-order chi connectivity index (χ0) is 13.2. The predicted octanol–water partition coefficient (Wildman–Crippen LogP) is 2.80. The third kappa shape index (κ3) is 3.91. The average molecular weight is 340 g/mol. The molecule has 1 aromatic carbocycles. The molecule has 0 spiro atoms. The molecule has 0 aliphatic carbocycles. The Bertz CT molecular complexity index is 429. The molecule has 0 saturated heterocycles. The minimum atomic E-state index is -0.726. The van der Waals surface area contributed by atoms with Crippen molar-refractivity contribution in [2.75, 3.05) is 0 Å². The SMILES string of the molecule is CC(C)[C@@H](O)[C@@H](N)c1ccc(Br)c([N+](=O)[O-])c1.Cl. The topological polar surface area (TPSA) is 89.4 Å². The van der Waals surface area contributed by atoms with E-state index < -0.39 is 17.1 Å². The van der Waals surface area contributed by atoms with Gasteiger partial charge in [0.15, 0.2) is 0 Å². The summed E-state index contributed by atoms with van der Waals surface area (Å²) < 4.78 is 0.400. The Morgan fingerprint density at radius 2 is 2.00 bits per heavy atom. The van der Waals surface area contributed by atoms with Gasteiger partial charge in [0.2, 0.25) is 0 Å². The van der Waals surface area contributed by atoms with E-state index in [2.05, 4.69) is 15.9 Å². The standard InChI is InChI=1S/C11H15BrN2O3.ClH/c1-6(2)11(15)10(13)7-3-4-8(12)9(5-7)14(16)17;/h3-6,10-11,15H,13H2,1-2H3;1H/t10-,11+;/m0./s1. The first kappa shape index (κ1) is 17.3. The number of nitrogens with two attached hydrogens (primary N) is 1. The third-order valence-corrected chi connectivity index (χ3v) is 3.27. The molecule has 0 aromatic heterocycles. The minimum absolute atomic E-state index is 0. The predicted molar refractivity (Wildman–Crippen MR) is 75.8 cm³/mol. The molecule has 18 heavy (non-hydrogen) atoms. The number of benzene rings is 1. The van der Waals surface area contributed by atoms with Crippen molar-refractivity contribution in [2.45, 2.75) is 26.0 Å².